The number of carbonyl (C=O) groups excluding carboxylic acids is 1. The second kappa shape index (κ2) is 8.76. The number of ether oxygens (including phenoxy) is 1. The number of amides is 2. The number of carbonyl (C=O) groups is 1. The summed E-state index contributed by atoms with van der Waals surface area (Å²) in [5.74, 6) is 0. The van der Waals surface area contributed by atoms with Crippen molar-refractivity contribution in [3.05, 3.63) is 35.9 Å². The van der Waals surface area contributed by atoms with Gasteiger partial charge in [-0.2, -0.15) is 0 Å². The third-order valence-corrected chi connectivity index (χ3v) is 4.20. The molecule has 1 aliphatic rings. The molecule has 1 aromatic carbocycles. The molecule has 3 N–H and O–H groups in total. The summed E-state index contributed by atoms with van der Waals surface area (Å²) < 4.78 is 5.44. The number of benzene rings is 1. The summed E-state index contributed by atoms with van der Waals surface area (Å²) in [6, 6.07) is 9.37. The summed E-state index contributed by atoms with van der Waals surface area (Å²) >= 11 is 0. The van der Waals surface area contributed by atoms with Crippen molar-refractivity contribution >= 4 is 6.03 Å². The molecule has 22 heavy (non-hydrogen) atoms. The first kappa shape index (κ1) is 16.8. The molecule has 1 aliphatic carbocycles. The second-order valence-electron chi connectivity index (χ2n) is 5.85. The van der Waals surface area contributed by atoms with Gasteiger partial charge in [0.25, 0.3) is 0 Å². The average Bonchev–Trinajstić information content (AvgIpc) is 2.55. The Morgan fingerprint density at radius 2 is 2.05 bits per heavy atom. The van der Waals surface area contributed by atoms with Crippen LogP contribution in [0, 0.1) is 0 Å². The molecule has 0 unspecified atom stereocenters. The van der Waals surface area contributed by atoms with Gasteiger partial charge < -0.3 is 20.5 Å². The Balaban J connectivity index is 1.83. The van der Waals surface area contributed by atoms with E-state index in [2.05, 4.69) is 10.6 Å². The van der Waals surface area contributed by atoms with E-state index in [1.807, 2.05) is 30.3 Å². The van der Waals surface area contributed by atoms with E-state index in [9.17, 15) is 9.90 Å². The summed E-state index contributed by atoms with van der Waals surface area (Å²) in [4.78, 5) is 12.1. The highest BCUT2D eigenvalue weighted by atomic mass is 16.5. The minimum Gasteiger partial charge on any atom is -0.394 e. The molecule has 3 atom stereocenters. The normalized spacial score (nSPS) is 22.8. The number of hydrogen-bond acceptors (Lipinski definition) is 3. The Hall–Kier alpha value is -1.59. The van der Waals surface area contributed by atoms with Crippen LogP contribution in [-0.4, -0.2) is 43.0 Å². The Morgan fingerprint density at radius 1 is 1.32 bits per heavy atom. The molecule has 1 fully saturated rings. The van der Waals surface area contributed by atoms with Crippen molar-refractivity contribution < 1.29 is 14.6 Å². The first-order valence-corrected chi connectivity index (χ1v) is 7.97. The fourth-order valence-corrected chi connectivity index (χ4v) is 3.00. The average molecular weight is 306 g/mol. The number of nitrogens with one attached hydrogen (secondary N) is 2. The topological polar surface area (TPSA) is 70.6 Å². The van der Waals surface area contributed by atoms with E-state index < -0.39 is 0 Å². The summed E-state index contributed by atoms with van der Waals surface area (Å²) in [7, 11) is 1.69. The van der Waals surface area contributed by atoms with E-state index in [1.165, 1.54) is 0 Å². The van der Waals surface area contributed by atoms with Crippen molar-refractivity contribution in [2.24, 2.45) is 0 Å². The van der Waals surface area contributed by atoms with Crippen molar-refractivity contribution in [3.63, 3.8) is 0 Å². The predicted molar refractivity (Wildman–Crippen MR) is 85.7 cm³/mol. The van der Waals surface area contributed by atoms with E-state index in [0.29, 0.717) is 6.42 Å². The second-order valence-corrected chi connectivity index (χ2v) is 5.85. The van der Waals surface area contributed by atoms with Crippen LogP contribution in [0.2, 0.25) is 0 Å². The lowest BCUT2D eigenvalue weighted by Crippen LogP contribution is -2.52. The fraction of sp³-hybridized carbons (Fsp3) is 0.588. The molecule has 0 saturated heterocycles. The van der Waals surface area contributed by atoms with Gasteiger partial charge in [0.15, 0.2) is 0 Å². The van der Waals surface area contributed by atoms with Gasteiger partial charge in [0.2, 0.25) is 0 Å². The smallest absolute Gasteiger partial charge is 0.315 e. The van der Waals surface area contributed by atoms with Gasteiger partial charge in [-0.25, -0.2) is 4.79 Å². The molecule has 122 valence electrons. The summed E-state index contributed by atoms with van der Waals surface area (Å²) in [5.41, 5.74) is 1.09. The summed E-state index contributed by atoms with van der Waals surface area (Å²) in [6.07, 6.45) is 4.87. The first-order chi connectivity index (χ1) is 10.7. The van der Waals surface area contributed by atoms with Crippen molar-refractivity contribution in [3.8, 4) is 0 Å². The lowest BCUT2D eigenvalue weighted by Gasteiger charge is -2.31. The number of hydrogen-bond donors (Lipinski definition) is 3. The highest BCUT2D eigenvalue weighted by Crippen LogP contribution is 2.20. The maximum Gasteiger partial charge on any atom is 0.315 e. The molecular formula is C17H26N2O3. The Bertz CT molecular complexity index is 452. The minimum atomic E-state index is -0.285. The van der Waals surface area contributed by atoms with Crippen molar-refractivity contribution in [2.75, 3.05) is 13.7 Å². The first-order valence-electron chi connectivity index (χ1n) is 7.97. The maximum atomic E-state index is 12.1. The number of urea groups is 1. The van der Waals surface area contributed by atoms with Crippen LogP contribution in [0.4, 0.5) is 4.79 Å². The van der Waals surface area contributed by atoms with Crippen LogP contribution in [-0.2, 0) is 11.2 Å². The molecule has 1 saturated carbocycles. The van der Waals surface area contributed by atoms with Crippen LogP contribution < -0.4 is 10.6 Å². The Kier molecular flexibility index (Phi) is 6.68. The highest BCUT2D eigenvalue weighted by molar-refractivity contribution is 5.74. The third-order valence-electron chi connectivity index (χ3n) is 4.20. The zero-order chi connectivity index (χ0) is 15.8. The molecule has 0 aliphatic heterocycles. The molecule has 0 heterocycles. The van der Waals surface area contributed by atoms with Crippen LogP contribution in [0.1, 0.15) is 31.2 Å². The van der Waals surface area contributed by atoms with Gasteiger partial charge >= 0.3 is 6.03 Å². The SMILES string of the molecule is CO[C@@H]1CCCC[C@H]1NC(=O)N[C@@H](CO)Cc1ccccc1. The lowest BCUT2D eigenvalue weighted by atomic mass is 9.92. The number of rotatable bonds is 6. The lowest BCUT2D eigenvalue weighted by molar-refractivity contribution is 0.0449. The van der Waals surface area contributed by atoms with E-state index in [0.717, 1.165) is 31.2 Å². The van der Waals surface area contributed by atoms with Gasteiger partial charge in [0.1, 0.15) is 0 Å². The van der Waals surface area contributed by atoms with Gasteiger partial charge in [-0.15, -0.1) is 0 Å². The largest absolute Gasteiger partial charge is 0.394 e. The van der Waals surface area contributed by atoms with Gasteiger partial charge in [0.05, 0.1) is 24.8 Å². The maximum absolute atomic E-state index is 12.1. The van der Waals surface area contributed by atoms with Crippen molar-refractivity contribution in [1.82, 2.24) is 10.6 Å². The van der Waals surface area contributed by atoms with Crippen LogP contribution in [0.3, 0.4) is 0 Å². The molecule has 5 heteroatoms. The van der Waals surface area contributed by atoms with Crippen LogP contribution in [0.15, 0.2) is 30.3 Å². The fourth-order valence-electron chi connectivity index (χ4n) is 3.00. The Morgan fingerprint density at radius 3 is 2.73 bits per heavy atom. The van der Waals surface area contributed by atoms with Gasteiger partial charge in [0, 0.05) is 7.11 Å². The van der Waals surface area contributed by atoms with Gasteiger partial charge in [-0.1, -0.05) is 43.2 Å². The predicted octanol–water partition coefficient (Wildman–Crippen LogP) is 1.85. The number of aliphatic hydroxyl groups is 1. The highest BCUT2D eigenvalue weighted by Gasteiger charge is 2.26. The molecular weight excluding hydrogens is 280 g/mol. The van der Waals surface area contributed by atoms with Crippen LogP contribution >= 0.6 is 0 Å². The summed E-state index contributed by atoms with van der Waals surface area (Å²) in [6.45, 7) is -0.0827. The molecule has 0 bridgehead atoms. The summed E-state index contributed by atoms with van der Waals surface area (Å²) in [5, 5.41) is 15.3. The molecule has 2 amide bonds. The Labute approximate surface area is 132 Å². The van der Waals surface area contributed by atoms with Gasteiger partial charge in [-0.3, -0.25) is 0 Å². The monoisotopic (exact) mass is 306 g/mol. The van der Waals surface area contributed by atoms with E-state index in [1.54, 1.807) is 7.11 Å². The number of methoxy groups -OCH3 is 1. The third kappa shape index (κ3) is 5.00. The van der Waals surface area contributed by atoms with E-state index >= 15 is 0 Å². The zero-order valence-corrected chi connectivity index (χ0v) is 13.1. The zero-order valence-electron chi connectivity index (χ0n) is 13.1. The molecule has 1 aromatic rings. The molecule has 0 radical (unpaired) electrons. The minimum absolute atomic E-state index is 0.0508. The number of aliphatic hydroxyl groups excluding tert-OH is 1. The molecule has 5 nitrogen and oxygen atoms in total. The van der Waals surface area contributed by atoms with Gasteiger partial charge in [-0.05, 0) is 24.8 Å². The molecule has 2 rings (SSSR count). The van der Waals surface area contributed by atoms with Crippen molar-refractivity contribution in [2.45, 2.75) is 50.3 Å². The standard InChI is InChI=1S/C17H26N2O3/c1-22-16-10-6-5-9-15(16)19-17(21)18-14(12-20)11-13-7-3-2-4-8-13/h2-4,7-8,14-16,20H,5-6,9-12H2,1H3,(H2,18,19,21)/t14-,15-,16-/m1/s1. The van der Waals surface area contributed by atoms with E-state index in [-0.39, 0.29) is 30.8 Å². The molecule has 0 spiro atoms. The molecule has 0 aromatic heterocycles. The van der Waals surface area contributed by atoms with Crippen molar-refractivity contribution in [1.29, 1.82) is 0 Å². The van der Waals surface area contributed by atoms with Crippen LogP contribution in [0.5, 0.6) is 0 Å². The van der Waals surface area contributed by atoms with E-state index in [4.69, 9.17) is 4.74 Å². The quantitative estimate of drug-likeness (QED) is 0.751. The van der Waals surface area contributed by atoms with Crippen LogP contribution in [0.25, 0.3) is 0 Å².